The number of carbonyl (C=O) groups excluding carboxylic acids is 2. The molecule has 4 nitrogen and oxygen atoms in total. The molecule has 1 N–H and O–H groups in total. The van der Waals surface area contributed by atoms with Crippen LogP contribution in [0.5, 0.6) is 5.75 Å². The van der Waals surface area contributed by atoms with Gasteiger partial charge in [-0.2, -0.15) is 0 Å². The molecule has 2 aromatic rings. The van der Waals surface area contributed by atoms with Crippen molar-refractivity contribution >= 4 is 17.6 Å². The molecule has 37 heavy (non-hydrogen) atoms. The Bertz CT molecular complexity index is 909. The fourth-order valence-corrected chi connectivity index (χ4v) is 5.67. The Balaban J connectivity index is 1.23. The highest BCUT2D eigenvalue weighted by Gasteiger charge is 2.25. The molecule has 0 spiro atoms. The first-order valence-corrected chi connectivity index (χ1v) is 14.8. The van der Waals surface area contributed by atoms with E-state index in [1.807, 2.05) is 18.2 Å². The maximum Gasteiger partial charge on any atom is 0.311 e. The van der Waals surface area contributed by atoms with E-state index in [4.69, 9.17) is 4.74 Å². The summed E-state index contributed by atoms with van der Waals surface area (Å²) in [7, 11) is 0. The number of esters is 1. The molecule has 0 aromatic heterocycles. The minimum atomic E-state index is -0.184. The van der Waals surface area contributed by atoms with Crippen molar-refractivity contribution in [3.63, 3.8) is 0 Å². The zero-order chi connectivity index (χ0) is 26.1. The number of nitrogens with one attached hydrogen (secondary N) is 1. The summed E-state index contributed by atoms with van der Waals surface area (Å²) in [6.45, 7) is 2.28. The predicted molar refractivity (Wildman–Crippen MR) is 153 cm³/mol. The van der Waals surface area contributed by atoms with Gasteiger partial charge < -0.3 is 10.1 Å². The van der Waals surface area contributed by atoms with E-state index in [1.54, 1.807) is 36.4 Å². The molecule has 0 radical (unpaired) electrons. The zero-order valence-corrected chi connectivity index (χ0v) is 22.9. The molecule has 0 aliphatic heterocycles. The molecule has 2 atom stereocenters. The van der Waals surface area contributed by atoms with Gasteiger partial charge in [-0.05, 0) is 54.7 Å². The normalized spacial score (nSPS) is 17.0. The molecule has 1 saturated carbocycles. The molecule has 2 aromatic carbocycles. The molecular weight excluding hydrogens is 458 g/mol. The Hall–Kier alpha value is -2.62. The minimum absolute atomic E-state index is 0.161. The van der Waals surface area contributed by atoms with Gasteiger partial charge in [0.05, 0.1) is 0 Å². The SMILES string of the molecule is CCCCCCCC[C@H]1CCC[C@@H]1CCCCCCC(=O)Oc1ccc(NC(=O)c2ccccc2)cc1. The second kappa shape index (κ2) is 17.0. The largest absolute Gasteiger partial charge is 0.427 e. The predicted octanol–water partition coefficient (Wildman–Crippen LogP) is 9.35. The first-order valence-electron chi connectivity index (χ1n) is 14.8. The Kier molecular flexibility index (Phi) is 13.3. The highest BCUT2D eigenvalue weighted by Crippen LogP contribution is 2.38. The third kappa shape index (κ3) is 11.1. The Morgan fingerprint density at radius 1 is 0.757 bits per heavy atom. The smallest absolute Gasteiger partial charge is 0.311 e. The highest BCUT2D eigenvalue weighted by atomic mass is 16.5. The van der Waals surface area contributed by atoms with Crippen LogP contribution in [-0.4, -0.2) is 11.9 Å². The van der Waals surface area contributed by atoms with Crippen LogP contribution in [0.3, 0.4) is 0 Å². The lowest BCUT2D eigenvalue weighted by Crippen LogP contribution is -2.11. The van der Waals surface area contributed by atoms with Crippen molar-refractivity contribution in [2.24, 2.45) is 11.8 Å². The van der Waals surface area contributed by atoms with Gasteiger partial charge in [-0.25, -0.2) is 0 Å². The van der Waals surface area contributed by atoms with Gasteiger partial charge in [0.1, 0.15) is 5.75 Å². The molecule has 4 heteroatoms. The number of amides is 1. The summed E-state index contributed by atoms with van der Waals surface area (Å²) in [4.78, 5) is 24.5. The van der Waals surface area contributed by atoms with Gasteiger partial charge in [0.2, 0.25) is 0 Å². The fraction of sp³-hybridized carbons (Fsp3) is 0.576. The number of hydrogen-bond acceptors (Lipinski definition) is 3. The minimum Gasteiger partial charge on any atom is -0.427 e. The summed E-state index contributed by atoms with van der Waals surface area (Å²) in [6, 6.07) is 16.0. The Labute approximate surface area is 224 Å². The van der Waals surface area contributed by atoms with Gasteiger partial charge in [0.25, 0.3) is 5.91 Å². The van der Waals surface area contributed by atoms with Crippen molar-refractivity contribution in [1.29, 1.82) is 0 Å². The first-order chi connectivity index (χ1) is 18.2. The lowest BCUT2D eigenvalue weighted by Gasteiger charge is -2.19. The maximum absolute atomic E-state index is 12.2. The van der Waals surface area contributed by atoms with E-state index < -0.39 is 0 Å². The third-order valence-electron chi connectivity index (χ3n) is 7.83. The molecule has 0 unspecified atom stereocenters. The van der Waals surface area contributed by atoms with Crippen LogP contribution in [0.15, 0.2) is 54.6 Å². The summed E-state index contributed by atoms with van der Waals surface area (Å²) in [5, 5.41) is 2.86. The summed E-state index contributed by atoms with van der Waals surface area (Å²) in [6.07, 6.45) is 20.5. The molecule has 1 aliphatic rings. The molecule has 0 saturated heterocycles. The van der Waals surface area contributed by atoms with Crippen LogP contribution in [0.25, 0.3) is 0 Å². The fourth-order valence-electron chi connectivity index (χ4n) is 5.67. The molecule has 202 valence electrons. The van der Waals surface area contributed by atoms with E-state index in [0.29, 0.717) is 23.4 Å². The van der Waals surface area contributed by atoms with Crippen LogP contribution in [0, 0.1) is 11.8 Å². The van der Waals surface area contributed by atoms with Gasteiger partial charge in [-0.3, -0.25) is 9.59 Å². The number of rotatable bonds is 17. The van der Waals surface area contributed by atoms with Crippen molar-refractivity contribution in [3.8, 4) is 5.75 Å². The van der Waals surface area contributed by atoms with Crippen LogP contribution in [0.2, 0.25) is 0 Å². The Morgan fingerprint density at radius 3 is 2.00 bits per heavy atom. The van der Waals surface area contributed by atoms with Gasteiger partial charge in [-0.15, -0.1) is 0 Å². The van der Waals surface area contributed by atoms with Gasteiger partial charge in [0.15, 0.2) is 0 Å². The van der Waals surface area contributed by atoms with E-state index in [-0.39, 0.29) is 11.9 Å². The van der Waals surface area contributed by atoms with Crippen molar-refractivity contribution in [2.75, 3.05) is 5.32 Å². The number of ether oxygens (including phenoxy) is 1. The van der Waals surface area contributed by atoms with Crippen molar-refractivity contribution < 1.29 is 14.3 Å². The lowest BCUT2D eigenvalue weighted by atomic mass is 9.86. The summed E-state index contributed by atoms with van der Waals surface area (Å²) in [5.41, 5.74) is 1.28. The lowest BCUT2D eigenvalue weighted by molar-refractivity contribution is -0.134. The van der Waals surface area contributed by atoms with Crippen LogP contribution in [0.4, 0.5) is 5.69 Å². The van der Waals surface area contributed by atoms with E-state index >= 15 is 0 Å². The first kappa shape index (κ1) is 28.9. The molecular formula is C33H47NO3. The highest BCUT2D eigenvalue weighted by molar-refractivity contribution is 6.04. The number of anilines is 1. The number of carbonyl (C=O) groups is 2. The van der Waals surface area contributed by atoms with Crippen LogP contribution >= 0.6 is 0 Å². The second-order valence-electron chi connectivity index (χ2n) is 10.8. The van der Waals surface area contributed by atoms with E-state index in [0.717, 1.165) is 24.7 Å². The van der Waals surface area contributed by atoms with Crippen LogP contribution in [0.1, 0.15) is 120 Å². The maximum atomic E-state index is 12.2. The van der Waals surface area contributed by atoms with E-state index in [9.17, 15) is 9.59 Å². The summed E-state index contributed by atoms with van der Waals surface area (Å²) >= 11 is 0. The quantitative estimate of drug-likeness (QED) is 0.132. The van der Waals surface area contributed by atoms with Gasteiger partial charge in [-0.1, -0.05) is 115 Å². The van der Waals surface area contributed by atoms with Crippen LogP contribution < -0.4 is 10.1 Å². The molecule has 1 amide bonds. The zero-order valence-electron chi connectivity index (χ0n) is 22.9. The number of hydrogen-bond donors (Lipinski definition) is 1. The summed E-state index contributed by atoms with van der Waals surface area (Å²) < 4.78 is 5.48. The monoisotopic (exact) mass is 505 g/mol. The van der Waals surface area contributed by atoms with E-state index in [2.05, 4.69) is 12.2 Å². The molecule has 0 heterocycles. The average molecular weight is 506 g/mol. The molecule has 3 rings (SSSR count). The van der Waals surface area contributed by atoms with Crippen molar-refractivity contribution in [1.82, 2.24) is 0 Å². The second-order valence-corrected chi connectivity index (χ2v) is 10.8. The third-order valence-corrected chi connectivity index (χ3v) is 7.83. The number of unbranched alkanes of at least 4 members (excludes halogenated alkanes) is 8. The number of benzene rings is 2. The standard InChI is InChI=1S/C33H47NO3/c1-2-3-4-5-6-10-16-27-20-15-21-28(27)17-11-7-8-14-22-32(35)37-31-25-23-30(24-26-31)34-33(36)29-18-12-9-13-19-29/h9,12-13,18-19,23-28H,2-8,10-11,14-17,20-22H2,1H3,(H,34,36)/t27-,28-/m0/s1. The molecule has 1 fully saturated rings. The van der Waals surface area contributed by atoms with Crippen molar-refractivity contribution in [2.45, 2.75) is 110 Å². The van der Waals surface area contributed by atoms with Crippen LogP contribution in [-0.2, 0) is 4.79 Å². The molecule has 1 aliphatic carbocycles. The molecule has 0 bridgehead atoms. The van der Waals surface area contributed by atoms with Gasteiger partial charge in [0, 0.05) is 17.7 Å². The average Bonchev–Trinajstić information content (AvgIpc) is 3.37. The van der Waals surface area contributed by atoms with Gasteiger partial charge >= 0.3 is 5.97 Å². The van der Waals surface area contributed by atoms with E-state index in [1.165, 1.54) is 83.5 Å². The summed E-state index contributed by atoms with van der Waals surface area (Å²) in [5.74, 6) is 2.09. The van der Waals surface area contributed by atoms with Crippen molar-refractivity contribution in [3.05, 3.63) is 60.2 Å². The topological polar surface area (TPSA) is 55.4 Å². The Morgan fingerprint density at radius 2 is 1.35 bits per heavy atom.